The highest BCUT2D eigenvalue weighted by Gasteiger charge is 2.19. The van der Waals surface area contributed by atoms with Crippen LogP contribution in [0.1, 0.15) is 16.8 Å². The van der Waals surface area contributed by atoms with Crippen molar-refractivity contribution in [1.82, 2.24) is 10.2 Å². The Morgan fingerprint density at radius 2 is 2.14 bits per heavy atom. The van der Waals surface area contributed by atoms with E-state index in [-0.39, 0.29) is 17.2 Å². The Hall–Kier alpha value is -1.99. The molecule has 0 bridgehead atoms. The molecule has 0 spiro atoms. The maximum absolute atomic E-state index is 12.2. The minimum Gasteiger partial charge on any atom is -0.490 e. The average molecular weight is 293 g/mol. The number of nitro groups is 1. The van der Waals surface area contributed by atoms with Crippen LogP contribution in [0.25, 0.3) is 0 Å². The zero-order valence-corrected chi connectivity index (χ0v) is 12.0. The van der Waals surface area contributed by atoms with Gasteiger partial charge in [0.05, 0.1) is 12.0 Å². The van der Waals surface area contributed by atoms with Gasteiger partial charge in [0.1, 0.15) is 0 Å². The van der Waals surface area contributed by atoms with Crippen LogP contribution < -0.4 is 10.1 Å². The van der Waals surface area contributed by atoms with Gasteiger partial charge in [0.25, 0.3) is 0 Å². The lowest BCUT2D eigenvalue weighted by Crippen LogP contribution is -2.44. The Morgan fingerprint density at radius 1 is 1.43 bits per heavy atom. The van der Waals surface area contributed by atoms with E-state index in [1.54, 1.807) is 6.07 Å². The van der Waals surface area contributed by atoms with E-state index >= 15 is 0 Å². The van der Waals surface area contributed by atoms with Gasteiger partial charge in [0.2, 0.25) is 0 Å². The molecule has 1 heterocycles. The normalized spacial score (nSPS) is 15.7. The van der Waals surface area contributed by atoms with Crippen molar-refractivity contribution in [2.45, 2.75) is 6.42 Å². The number of methoxy groups -OCH3 is 1. The van der Waals surface area contributed by atoms with Crippen LogP contribution in [-0.4, -0.2) is 55.4 Å². The largest absolute Gasteiger partial charge is 0.490 e. The lowest BCUT2D eigenvalue weighted by molar-refractivity contribution is -0.385. The van der Waals surface area contributed by atoms with Crippen molar-refractivity contribution >= 4 is 11.5 Å². The van der Waals surface area contributed by atoms with Crippen molar-refractivity contribution < 1.29 is 14.5 Å². The van der Waals surface area contributed by atoms with Crippen LogP contribution >= 0.6 is 0 Å². The zero-order valence-electron chi connectivity index (χ0n) is 12.0. The predicted octanol–water partition coefficient (Wildman–Crippen LogP) is 1.08. The number of piperazine rings is 1. The molecule has 21 heavy (non-hydrogen) atoms. The number of benzene rings is 1. The first-order chi connectivity index (χ1) is 10.1. The van der Waals surface area contributed by atoms with Crippen molar-refractivity contribution in [1.29, 1.82) is 0 Å². The first-order valence-electron chi connectivity index (χ1n) is 6.90. The molecule has 1 aliphatic heterocycles. The molecule has 0 saturated carbocycles. The number of hydrogen-bond acceptors (Lipinski definition) is 6. The zero-order chi connectivity index (χ0) is 15.2. The molecule has 0 radical (unpaired) electrons. The molecule has 1 fully saturated rings. The molecule has 0 atom stereocenters. The summed E-state index contributed by atoms with van der Waals surface area (Å²) in [6, 6.07) is 4.33. The first kappa shape index (κ1) is 15.4. The van der Waals surface area contributed by atoms with E-state index < -0.39 is 4.92 Å². The number of carbonyl (C=O) groups excluding carboxylic acids is 1. The van der Waals surface area contributed by atoms with Crippen molar-refractivity contribution in [3.05, 3.63) is 33.9 Å². The Bertz CT molecular complexity index is 527. The van der Waals surface area contributed by atoms with Crippen LogP contribution in [-0.2, 0) is 0 Å². The quantitative estimate of drug-likeness (QED) is 0.480. The van der Waals surface area contributed by atoms with Crippen molar-refractivity contribution in [3.8, 4) is 5.75 Å². The summed E-state index contributed by atoms with van der Waals surface area (Å²) < 4.78 is 4.93. The van der Waals surface area contributed by atoms with Gasteiger partial charge in [0, 0.05) is 50.8 Å². The number of hydrogen-bond donors (Lipinski definition) is 1. The van der Waals surface area contributed by atoms with Gasteiger partial charge in [-0.15, -0.1) is 0 Å². The smallest absolute Gasteiger partial charge is 0.311 e. The van der Waals surface area contributed by atoms with E-state index in [4.69, 9.17) is 4.74 Å². The van der Waals surface area contributed by atoms with E-state index in [1.807, 2.05) is 0 Å². The molecule has 0 unspecified atom stereocenters. The van der Waals surface area contributed by atoms with Crippen molar-refractivity contribution in [3.63, 3.8) is 0 Å². The molecule has 7 nitrogen and oxygen atoms in total. The van der Waals surface area contributed by atoms with E-state index in [0.717, 1.165) is 26.2 Å². The molecule has 0 aliphatic carbocycles. The Morgan fingerprint density at radius 3 is 2.76 bits per heavy atom. The van der Waals surface area contributed by atoms with E-state index in [2.05, 4.69) is 10.2 Å². The van der Waals surface area contributed by atoms with E-state index in [9.17, 15) is 14.9 Å². The lowest BCUT2D eigenvalue weighted by atomic mass is 10.1. The number of rotatable bonds is 6. The third-order valence-corrected chi connectivity index (χ3v) is 3.56. The highest BCUT2D eigenvalue weighted by molar-refractivity contribution is 5.97. The predicted molar refractivity (Wildman–Crippen MR) is 77.9 cm³/mol. The molecule has 1 N–H and O–H groups in total. The van der Waals surface area contributed by atoms with Crippen LogP contribution in [0.5, 0.6) is 5.75 Å². The second-order valence-electron chi connectivity index (χ2n) is 4.91. The number of nitrogens with one attached hydrogen (secondary N) is 1. The van der Waals surface area contributed by atoms with E-state index in [0.29, 0.717) is 18.5 Å². The number of Topliss-reactive ketones (excluding diaryl/α,β-unsaturated/α-hetero) is 1. The number of nitro benzene ring substituents is 1. The van der Waals surface area contributed by atoms with Gasteiger partial charge in [0.15, 0.2) is 11.5 Å². The minimum absolute atomic E-state index is 0.0840. The fourth-order valence-corrected chi connectivity index (χ4v) is 2.34. The van der Waals surface area contributed by atoms with Gasteiger partial charge in [-0.3, -0.25) is 14.9 Å². The third kappa shape index (κ3) is 3.99. The molecule has 2 rings (SSSR count). The van der Waals surface area contributed by atoms with Gasteiger partial charge in [-0.05, 0) is 12.1 Å². The summed E-state index contributed by atoms with van der Waals surface area (Å²) in [5.74, 6) is 0.0814. The lowest BCUT2D eigenvalue weighted by Gasteiger charge is -2.26. The highest BCUT2D eigenvalue weighted by Crippen LogP contribution is 2.27. The molecule has 114 valence electrons. The summed E-state index contributed by atoms with van der Waals surface area (Å²) in [4.78, 5) is 24.8. The van der Waals surface area contributed by atoms with Crippen molar-refractivity contribution in [2.24, 2.45) is 0 Å². The van der Waals surface area contributed by atoms with Gasteiger partial charge >= 0.3 is 5.69 Å². The molecule has 0 aromatic heterocycles. The topological polar surface area (TPSA) is 84.7 Å². The number of ether oxygens (including phenoxy) is 1. The number of nitrogens with zero attached hydrogens (tertiary/aromatic N) is 2. The SMILES string of the molecule is COc1ccc(C(=O)CCN2CCNCC2)cc1[N+](=O)[O-]. The average Bonchev–Trinajstić information content (AvgIpc) is 2.52. The Kier molecular flexibility index (Phi) is 5.24. The standard InChI is InChI=1S/C14H19N3O4/c1-21-14-3-2-11(10-12(14)17(19)20)13(18)4-7-16-8-5-15-6-9-16/h2-3,10,15H,4-9H2,1H3. The van der Waals surface area contributed by atoms with Crippen LogP contribution in [0.3, 0.4) is 0 Å². The third-order valence-electron chi connectivity index (χ3n) is 3.56. The van der Waals surface area contributed by atoms with Crippen LogP contribution in [0.4, 0.5) is 5.69 Å². The molecular weight excluding hydrogens is 274 g/mol. The van der Waals surface area contributed by atoms with Crippen LogP contribution in [0, 0.1) is 10.1 Å². The number of ketones is 1. The van der Waals surface area contributed by atoms with E-state index in [1.165, 1.54) is 19.2 Å². The maximum Gasteiger partial charge on any atom is 0.311 e. The molecule has 1 aromatic carbocycles. The van der Waals surface area contributed by atoms with Gasteiger partial charge in [-0.2, -0.15) is 0 Å². The summed E-state index contributed by atoms with van der Waals surface area (Å²) in [5.41, 5.74) is 0.183. The maximum atomic E-state index is 12.2. The van der Waals surface area contributed by atoms with Gasteiger partial charge < -0.3 is 15.0 Å². The Balaban J connectivity index is 2.01. The molecule has 7 heteroatoms. The summed E-state index contributed by atoms with van der Waals surface area (Å²) in [6.07, 6.45) is 0.365. The van der Waals surface area contributed by atoms with Crippen LogP contribution in [0.2, 0.25) is 0 Å². The second kappa shape index (κ2) is 7.14. The second-order valence-corrected chi connectivity index (χ2v) is 4.91. The fourth-order valence-electron chi connectivity index (χ4n) is 2.34. The Labute approximate surface area is 123 Å². The highest BCUT2D eigenvalue weighted by atomic mass is 16.6. The van der Waals surface area contributed by atoms with Crippen molar-refractivity contribution in [2.75, 3.05) is 39.8 Å². The summed E-state index contributed by atoms with van der Waals surface area (Å²) in [5, 5.41) is 14.2. The molecule has 0 amide bonds. The van der Waals surface area contributed by atoms with Crippen LogP contribution in [0.15, 0.2) is 18.2 Å². The fraction of sp³-hybridized carbons (Fsp3) is 0.500. The number of carbonyl (C=O) groups is 1. The first-order valence-corrected chi connectivity index (χ1v) is 6.90. The minimum atomic E-state index is -0.536. The van der Waals surface area contributed by atoms with Gasteiger partial charge in [-0.25, -0.2) is 0 Å². The monoisotopic (exact) mass is 293 g/mol. The molecule has 1 aromatic rings. The molecule has 1 aliphatic rings. The van der Waals surface area contributed by atoms with Gasteiger partial charge in [-0.1, -0.05) is 0 Å². The summed E-state index contributed by atoms with van der Waals surface area (Å²) >= 11 is 0. The summed E-state index contributed by atoms with van der Waals surface area (Å²) in [7, 11) is 1.37. The summed E-state index contributed by atoms with van der Waals surface area (Å²) in [6.45, 7) is 4.40. The molecule has 1 saturated heterocycles. The molecular formula is C14H19N3O4.